The van der Waals surface area contributed by atoms with Crippen LogP contribution in [0.2, 0.25) is 5.02 Å². The topological polar surface area (TPSA) is 80.7 Å². The summed E-state index contributed by atoms with van der Waals surface area (Å²) in [5, 5.41) is 7.30. The van der Waals surface area contributed by atoms with Crippen LogP contribution in [0.25, 0.3) is 10.9 Å². The summed E-state index contributed by atoms with van der Waals surface area (Å²) in [7, 11) is 0. The van der Waals surface area contributed by atoms with Gasteiger partial charge in [0.15, 0.2) is 11.6 Å². The first-order chi connectivity index (χ1) is 16.1. The summed E-state index contributed by atoms with van der Waals surface area (Å²) in [4.78, 5) is 12.9. The molecular weight excluding hydrogens is 452 g/mol. The van der Waals surface area contributed by atoms with Crippen molar-refractivity contribution in [3.05, 3.63) is 77.6 Å². The summed E-state index contributed by atoms with van der Waals surface area (Å²) in [6.07, 6.45) is 1.45. The average Bonchev–Trinajstić information content (AvgIpc) is 3.32. The van der Waals surface area contributed by atoms with Crippen molar-refractivity contribution < 1.29 is 18.3 Å². The standard InChI is InChI=1S/C23H16ClF2N5O2/c24-16-11-14(5-7-19(16)33-20-3-1-2-17(25)21(20)26)30-22-15-10-13(31-23-27-8-9-32-23)4-6-18(15)28-12-29-22/h1-7,10-12H,8-9H2,(H,27,31)(H,28,29,30). The molecule has 3 aromatic carbocycles. The number of fused-ring (bicyclic) bond motifs is 1. The molecule has 7 nitrogen and oxygen atoms in total. The molecule has 0 amide bonds. The Morgan fingerprint density at radius 1 is 0.939 bits per heavy atom. The first-order valence-corrected chi connectivity index (χ1v) is 10.3. The highest BCUT2D eigenvalue weighted by Crippen LogP contribution is 2.34. The molecule has 0 radical (unpaired) electrons. The lowest BCUT2D eigenvalue weighted by atomic mass is 10.2. The van der Waals surface area contributed by atoms with E-state index in [9.17, 15) is 8.78 Å². The Morgan fingerprint density at radius 3 is 2.61 bits per heavy atom. The highest BCUT2D eigenvalue weighted by atomic mass is 35.5. The number of anilines is 3. The Kier molecular flexibility index (Phi) is 5.62. The number of hydrogen-bond donors (Lipinski definition) is 2. The summed E-state index contributed by atoms with van der Waals surface area (Å²) >= 11 is 6.33. The van der Waals surface area contributed by atoms with Gasteiger partial charge in [0.25, 0.3) is 6.02 Å². The van der Waals surface area contributed by atoms with Crippen molar-refractivity contribution >= 4 is 45.7 Å². The molecule has 1 aromatic heterocycles. The van der Waals surface area contributed by atoms with E-state index in [1.165, 1.54) is 18.5 Å². The second-order valence-electron chi connectivity index (χ2n) is 7.04. The SMILES string of the molecule is Fc1cccc(Oc2ccc(Nc3ncnc4ccc(NC5=NCCO5)cc34)cc2Cl)c1F. The molecule has 10 heteroatoms. The molecular formula is C23H16ClF2N5O2. The van der Waals surface area contributed by atoms with E-state index >= 15 is 0 Å². The fourth-order valence-corrected chi connectivity index (χ4v) is 3.47. The number of nitrogens with one attached hydrogen (secondary N) is 2. The van der Waals surface area contributed by atoms with Gasteiger partial charge in [0.1, 0.15) is 24.5 Å². The van der Waals surface area contributed by atoms with Crippen molar-refractivity contribution in [2.75, 3.05) is 23.8 Å². The number of halogens is 3. The molecule has 0 fully saturated rings. The van der Waals surface area contributed by atoms with Crippen molar-refractivity contribution in [2.24, 2.45) is 4.99 Å². The number of hydrogen-bond acceptors (Lipinski definition) is 7. The molecule has 33 heavy (non-hydrogen) atoms. The van der Waals surface area contributed by atoms with Crippen LogP contribution in [0.3, 0.4) is 0 Å². The minimum absolute atomic E-state index is 0.183. The molecule has 2 N–H and O–H groups in total. The van der Waals surface area contributed by atoms with Gasteiger partial charge >= 0.3 is 0 Å². The molecule has 5 rings (SSSR count). The number of ether oxygens (including phenoxy) is 2. The van der Waals surface area contributed by atoms with Gasteiger partial charge in [-0.25, -0.2) is 19.4 Å². The summed E-state index contributed by atoms with van der Waals surface area (Å²) in [5.41, 5.74) is 2.13. The minimum atomic E-state index is -1.08. The number of amidine groups is 1. The second kappa shape index (κ2) is 8.87. The Hall–Kier alpha value is -3.98. The summed E-state index contributed by atoms with van der Waals surface area (Å²) in [6, 6.07) is 14.6. The molecule has 1 aliphatic rings. The maximum absolute atomic E-state index is 13.9. The molecule has 0 aliphatic carbocycles. The highest BCUT2D eigenvalue weighted by molar-refractivity contribution is 6.32. The zero-order chi connectivity index (χ0) is 22.8. The molecule has 0 unspecified atom stereocenters. The van der Waals surface area contributed by atoms with Gasteiger partial charge in [0.2, 0.25) is 5.82 Å². The number of aromatic nitrogens is 2. The van der Waals surface area contributed by atoms with E-state index < -0.39 is 11.6 Å². The Bertz CT molecular complexity index is 1380. The number of nitrogens with zero attached hydrogens (tertiary/aromatic N) is 3. The predicted molar refractivity (Wildman–Crippen MR) is 123 cm³/mol. The molecule has 0 bridgehead atoms. The van der Waals surface area contributed by atoms with Crippen LogP contribution in [0.15, 0.2) is 65.9 Å². The van der Waals surface area contributed by atoms with Crippen molar-refractivity contribution in [3.63, 3.8) is 0 Å². The monoisotopic (exact) mass is 467 g/mol. The molecule has 2 heterocycles. The van der Waals surface area contributed by atoms with Crippen LogP contribution in [0.1, 0.15) is 0 Å². The molecule has 0 saturated carbocycles. The van der Waals surface area contributed by atoms with E-state index in [0.29, 0.717) is 30.7 Å². The van der Waals surface area contributed by atoms with Gasteiger partial charge in [0, 0.05) is 16.8 Å². The largest absolute Gasteiger partial charge is 0.463 e. The zero-order valence-corrected chi connectivity index (χ0v) is 17.7. The third-order valence-electron chi connectivity index (χ3n) is 4.80. The molecule has 0 atom stereocenters. The van der Waals surface area contributed by atoms with Gasteiger partial charge in [-0.1, -0.05) is 17.7 Å². The number of rotatable bonds is 5. The van der Waals surface area contributed by atoms with Crippen LogP contribution in [0.5, 0.6) is 11.5 Å². The maximum Gasteiger partial charge on any atom is 0.289 e. The lowest BCUT2D eigenvalue weighted by Gasteiger charge is -2.13. The Labute approximate surface area is 192 Å². The summed E-state index contributed by atoms with van der Waals surface area (Å²) in [5.74, 6) is -1.60. The normalized spacial score (nSPS) is 12.9. The third-order valence-corrected chi connectivity index (χ3v) is 5.10. The molecule has 0 saturated heterocycles. The van der Waals surface area contributed by atoms with Crippen molar-refractivity contribution in [2.45, 2.75) is 0 Å². The molecule has 0 spiro atoms. The zero-order valence-electron chi connectivity index (χ0n) is 17.0. The fraction of sp³-hybridized carbons (Fsp3) is 0.0870. The average molecular weight is 468 g/mol. The quantitative estimate of drug-likeness (QED) is 0.380. The summed E-state index contributed by atoms with van der Waals surface area (Å²) in [6.45, 7) is 1.18. The second-order valence-corrected chi connectivity index (χ2v) is 7.45. The van der Waals surface area contributed by atoms with Gasteiger partial charge in [0.05, 0.1) is 17.1 Å². The number of benzene rings is 3. The van der Waals surface area contributed by atoms with Crippen LogP contribution in [0.4, 0.5) is 26.0 Å². The predicted octanol–water partition coefficient (Wildman–Crippen LogP) is 5.90. The molecule has 166 valence electrons. The van der Waals surface area contributed by atoms with E-state index in [1.807, 2.05) is 18.2 Å². The molecule has 1 aliphatic heterocycles. The van der Waals surface area contributed by atoms with Gasteiger partial charge in [-0.3, -0.25) is 0 Å². The van der Waals surface area contributed by atoms with Crippen LogP contribution in [-0.4, -0.2) is 29.1 Å². The van der Waals surface area contributed by atoms with Crippen molar-refractivity contribution in [1.82, 2.24) is 9.97 Å². The maximum atomic E-state index is 13.9. The third kappa shape index (κ3) is 4.49. The van der Waals surface area contributed by atoms with Crippen molar-refractivity contribution in [3.8, 4) is 11.5 Å². The Balaban J connectivity index is 1.39. The molecule has 4 aromatic rings. The van der Waals surface area contributed by atoms with Crippen LogP contribution in [0, 0.1) is 11.6 Å². The van der Waals surface area contributed by atoms with Crippen LogP contribution >= 0.6 is 11.6 Å². The lowest BCUT2D eigenvalue weighted by molar-refractivity contribution is 0.346. The van der Waals surface area contributed by atoms with Crippen molar-refractivity contribution in [1.29, 1.82) is 0 Å². The number of aliphatic imine (C=N–C) groups is 1. The Morgan fingerprint density at radius 2 is 1.79 bits per heavy atom. The smallest absolute Gasteiger partial charge is 0.289 e. The van der Waals surface area contributed by atoms with E-state index in [-0.39, 0.29) is 16.5 Å². The van der Waals surface area contributed by atoms with Gasteiger partial charge in [-0.2, -0.15) is 4.39 Å². The van der Waals surface area contributed by atoms with Gasteiger partial charge in [-0.05, 0) is 48.5 Å². The minimum Gasteiger partial charge on any atom is -0.463 e. The van der Waals surface area contributed by atoms with Crippen LogP contribution < -0.4 is 15.4 Å². The highest BCUT2D eigenvalue weighted by Gasteiger charge is 2.13. The van der Waals surface area contributed by atoms with E-state index in [0.717, 1.165) is 22.7 Å². The van der Waals surface area contributed by atoms with Crippen LogP contribution in [-0.2, 0) is 4.74 Å². The van der Waals surface area contributed by atoms with Gasteiger partial charge in [-0.15, -0.1) is 0 Å². The first kappa shape index (κ1) is 20.9. The van der Waals surface area contributed by atoms with E-state index in [2.05, 4.69) is 25.6 Å². The van der Waals surface area contributed by atoms with E-state index in [1.54, 1.807) is 18.2 Å². The lowest BCUT2D eigenvalue weighted by Crippen LogP contribution is -2.11. The van der Waals surface area contributed by atoms with Gasteiger partial charge < -0.3 is 20.1 Å². The van der Waals surface area contributed by atoms with E-state index in [4.69, 9.17) is 21.1 Å². The first-order valence-electron chi connectivity index (χ1n) is 9.94. The fourth-order valence-electron chi connectivity index (χ4n) is 3.25. The summed E-state index contributed by atoms with van der Waals surface area (Å²) < 4.78 is 38.2.